The number of benzene rings is 2. The van der Waals surface area contributed by atoms with E-state index in [1.165, 1.54) is 6.07 Å². The van der Waals surface area contributed by atoms with E-state index in [4.69, 9.17) is 4.98 Å². The molecule has 2 aliphatic rings. The van der Waals surface area contributed by atoms with Crippen LogP contribution < -0.4 is 16.0 Å². The molecule has 2 heterocycles. The number of halogens is 1. The number of nitrogens with zero attached hydrogens (tertiary/aromatic N) is 2. The van der Waals surface area contributed by atoms with Crippen LogP contribution in [0.4, 0.5) is 20.7 Å². The number of hydrogen-bond donors (Lipinski definition) is 3. The third kappa shape index (κ3) is 4.99. The van der Waals surface area contributed by atoms with Gasteiger partial charge in [-0.15, -0.1) is 0 Å². The lowest BCUT2D eigenvalue weighted by molar-refractivity contribution is 0.163. The summed E-state index contributed by atoms with van der Waals surface area (Å²) in [5, 5.41) is 10.5. The van der Waals surface area contributed by atoms with Crippen molar-refractivity contribution in [2.24, 2.45) is 0 Å². The van der Waals surface area contributed by atoms with E-state index in [1.807, 2.05) is 36.4 Å². The summed E-state index contributed by atoms with van der Waals surface area (Å²) in [6, 6.07) is 15.5. The van der Waals surface area contributed by atoms with Crippen molar-refractivity contribution in [2.45, 2.75) is 57.7 Å². The highest BCUT2D eigenvalue weighted by molar-refractivity contribution is 5.93. The standard InChI is InChI=1S/C27H32FN5O/c1-17(2)33-13-11-21(12-14-33)29-27(34)30-22-6-9-24-19(16-22)4-10-26(31-24)32-25-8-3-18-15-20(28)5-7-23(18)25/h4-7,9-10,15-17,21,25H,3,8,11-14H2,1-2H3,(H,31,32)(H2,29,30,34). The van der Waals surface area contributed by atoms with E-state index in [1.54, 1.807) is 6.07 Å². The Morgan fingerprint density at radius 2 is 1.88 bits per heavy atom. The molecule has 0 spiro atoms. The average Bonchev–Trinajstić information content (AvgIpc) is 3.21. The number of rotatable bonds is 5. The smallest absolute Gasteiger partial charge is 0.319 e. The monoisotopic (exact) mass is 461 g/mol. The summed E-state index contributed by atoms with van der Waals surface area (Å²) in [6.45, 7) is 6.46. The van der Waals surface area contributed by atoms with Crippen LogP contribution in [0.5, 0.6) is 0 Å². The zero-order valence-corrected chi connectivity index (χ0v) is 19.8. The number of urea groups is 1. The molecular weight excluding hydrogens is 429 g/mol. The zero-order chi connectivity index (χ0) is 23.7. The van der Waals surface area contributed by atoms with Gasteiger partial charge in [0.25, 0.3) is 0 Å². The van der Waals surface area contributed by atoms with Gasteiger partial charge in [-0.1, -0.05) is 6.07 Å². The molecular formula is C27H32FN5O. The van der Waals surface area contributed by atoms with Gasteiger partial charge in [-0.3, -0.25) is 0 Å². The fourth-order valence-electron chi connectivity index (χ4n) is 5.11. The van der Waals surface area contributed by atoms with Gasteiger partial charge in [-0.05, 0) is 93.1 Å². The molecule has 2 amide bonds. The maximum Gasteiger partial charge on any atom is 0.319 e. The van der Waals surface area contributed by atoms with Crippen LogP contribution in [0.3, 0.4) is 0 Å². The molecule has 3 N–H and O–H groups in total. The first kappa shape index (κ1) is 22.6. The molecule has 2 aromatic carbocycles. The number of anilines is 2. The number of aryl methyl sites for hydroxylation is 1. The third-order valence-corrected chi connectivity index (χ3v) is 7.05. The van der Waals surface area contributed by atoms with Gasteiger partial charge in [0, 0.05) is 36.2 Å². The Morgan fingerprint density at radius 1 is 1.06 bits per heavy atom. The average molecular weight is 462 g/mol. The van der Waals surface area contributed by atoms with E-state index >= 15 is 0 Å². The number of aromatic nitrogens is 1. The van der Waals surface area contributed by atoms with E-state index in [2.05, 4.69) is 34.7 Å². The number of piperidine rings is 1. The summed E-state index contributed by atoms with van der Waals surface area (Å²) in [6.07, 6.45) is 3.74. The van der Waals surface area contributed by atoms with Crippen molar-refractivity contribution in [3.8, 4) is 0 Å². The highest BCUT2D eigenvalue weighted by Gasteiger charge is 2.24. The fraction of sp³-hybridized carbons (Fsp3) is 0.407. The molecule has 1 aliphatic carbocycles. The minimum Gasteiger partial charge on any atom is -0.363 e. The van der Waals surface area contributed by atoms with Crippen LogP contribution in [-0.2, 0) is 6.42 Å². The second-order valence-electron chi connectivity index (χ2n) is 9.69. The highest BCUT2D eigenvalue weighted by Crippen LogP contribution is 2.34. The van der Waals surface area contributed by atoms with E-state index in [9.17, 15) is 9.18 Å². The molecule has 3 aromatic rings. The number of fused-ring (bicyclic) bond motifs is 2. The van der Waals surface area contributed by atoms with Crippen LogP contribution in [0.25, 0.3) is 10.9 Å². The Balaban J connectivity index is 1.20. The van der Waals surface area contributed by atoms with Crippen LogP contribution in [-0.4, -0.2) is 41.1 Å². The number of carbonyl (C=O) groups excluding carboxylic acids is 1. The molecule has 1 saturated heterocycles. The van der Waals surface area contributed by atoms with Crippen LogP contribution in [0.1, 0.15) is 50.3 Å². The first-order valence-electron chi connectivity index (χ1n) is 12.2. The van der Waals surface area contributed by atoms with Gasteiger partial charge in [0.2, 0.25) is 0 Å². The Morgan fingerprint density at radius 3 is 2.68 bits per heavy atom. The quantitative estimate of drug-likeness (QED) is 0.471. The van der Waals surface area contributed by atoms with E-state index in [-0.39, 0.29) is 23.9 Å². The predicted octanol–water partition coefficient (Wildman–Crippen LogP) is 5.47. The first-order valence-corrected chi connectivity index (χ1v) is 12.2. The van der Waals surface area contributed by atoms with Gasteiger partial charge in [0.05, 0.1) is 11.6 Å². The number of pyridine rings is 1. The van der Waals surface area contributed by atoms with E-state index in [0.29, 0.717) is 6.04 Å². The Hall–Kier alpha value is -3.19. The van der Waals surface area contributed by atoms with Gasteiger partial charge in [0.1, 0.15) is 11.6 Å². The van der Waals surface area contributed by atoms with Crippen LogP contribution >= 0.6 is 0 Å². The fourth-order valence-corrected chi connectivity index (χ4v) is 5.11. The number of amides is 2. The molecule has 1 fully saturated rings. The van der Waals surface area contributed by atoms with Gasteiger partial charge in [-0.25, -0.2) is 14.2 Å². The third-order valence-electron chi connectivity index (χ3n) is 7.05. The van der Waals surface area contributed by atoms with Crippen molar-refractivity contribution in [3.05, 3.63) is 65.5 Å². The van der Waals surface area contributed by atoms with Crippen LogP contribution in [0.2, 0.25) is 0 Å². The van der Waals surface area contributed by atoms with Crippen molar-refractivity contribution >= 4 is 28.4 Å². The number of likely N-dealkylation sites (tertiary alicyclic amines) is 1. The molecule has 34 heavy (non-hydrogen) atoms. The minimum atomic E-state index is -0.183. The van der Waals surface area contributed by atoms with Crippen LogP contribution in [0.15, 0.2) is 48.5 Å². The SMILES string of the molecule is CC(C)N1CCC(NC(=O)Nc2ccc3nc(NC4CCc5cc(F)ccc54)ccc3c2)CC1. The molecule has 1 atom stereocenters. The predicted molar refractivity (Wildman–Crippen MR) is 135 cm³/mol. The summed E-state index contributed by atoms with van der Waals surface area (Å²) in [4.78, 5) is 19.7. The Bertz CT molecular complexity index is 1190. The minimum absolute atomic E-state index is 0.137. The summed E-state index contributed by atoms with van der Waals surface area (Å²) >= 11 is 0. The van der Waals surface area contributed by atoms with Gasteiger partial charge in [0.15, 0.2) is 0 Å². The summed E-state index contributed by atoms with van der Waals surface area (Å²) in [5.41, 5.74) is 3.81. The summed E-state index contributed by atoms with van der Waals surface area (Å²) in [5.74, 6) is 0.610. The van der Waals surface area contributed by atoms with Crippen molar-refractivity contribution in [1.82, 2.24) is 15.2 Å². The molecule has 7 heteroatoms. The van der Waals surface area contributed by atoms with Crippen molar-refractivity contribution in [2.75, 3.05) is 23.7 Å². The van der Waals surface area contributed by atoms with Gasteiger partial charge >= 0.3 is 6.03 Å². The molecule has 0 bridgehead atoms. The molecule has 0 saturated carbocycles. The molecule has 178 valence electrons. The zero-order valence-electron chi connectivity index (χ0n) is 19.8. The normalized spacial score (nSPS) is 18.8. The molecule has 1 aliphatic heterocycles. The van der Waals surface area contributed by atoms with Gasteiger partial charge in [-0.2, -0.15) is 0 Å². The molecule has 0 radical (unpaired) electrons. The first-order chi connectivity index (χ1) is 16.4. The Kier molecular flexibility index (Phi) is 6.37. The number of hydrogen-bond acceptors (Lipinski definition) is 4. The van der Waals surface area contributed by atoms with Crippen LogP contribution in [0, 0.1) is 5.82 Å². The second-order valence-corrected chi connectivity index (χ2v) is 9.69. The van der Waals surface area contributed by atoms with Crippen molar-refractivity contribution < 1.29 is 9.18 Å². The van der Waals surface area contributed by atoms with E-state index < -0.39 is 0 Å². The highest BCUT2D eigenvalue weighted by atomic mass is 19.1. The lowest BCUT2D eigenvalue weighted by Crippen LogP contribution is -2.47. The molecule has 1 unspecified atom stereocenters. The maximum atomic E-state index is 13.5. The van der Waals surface area contributed by atoms with Crippen molar-refractivity contribution in [1.29, 1.82) is 0 Å². The molecule has 6 nitrogen and oxygen atoms in total. The lowest BCUT2D eigenvalue weighted by Gasteiger charge is -2.34. The summed E-state index contributed by atoms with van der Waals surface area (Å²) < 4.78 is 13.5. The topological polar surface area (TPSA) is 69.3 Å². The van der Waals surface area contributed by atoms with Crippen molar-refractivity contribution in [3.63, 3.8) is 0 Å². The number of nitrogens with one attached hydrogen (secondary N) is 3. The lowest BCUT2D eigenvalue weighted by atomic mass is 10.0. The maximum absolute atomic E-state index is 13.5. The molecule has 5 rings (SSSR count). The Labute approximate surface area is 199 Å². The van der Waals surface area contributed by atoms with E-state index in [0.717, 1.165) is 72.3 Å². The summed E-state index contributed by atoms with van der Waals surface area (Å²) in [7, 11) is 0. The number of carbonyl (C=O) groups is 1. The largest absolute Gasteiger partial charge is 0.363 e. The molecule has 1 aromatic heterocycles. The second kappa shape index (κ2) is 9.58. The van der Waals surface area contributed by atoms with Gasteiger partial charge < -0.3 is 20.9 Å².